The second kappa shape index (κ2) is 8.21. The van der Waals surface area contributed by atoms with Crippen molar-refractivity contribution >= 4 is 18.0 Å². The average Bonchev–Trinajstić information content (AvgIpc) is 3.72. The SMILES string of the molecule is CC(NC(=O)OCC1c2ccccc2-c2ccccc21)(C(=O)NC(C(=O)O)C1CC1)C1CC1. The van der Waals surface area contributed by atoms with E-state index in [9.17, 15) is 19.5 Å². The highest BCUT2D eigenvalue weighted by Gasteiger charge is 2.50. The van der Waals surface area contributed by atoms with Crippen LogP contribution < -0.4 is 10.6 Å². The Balaban J connectivity index is 1.27. The monoisotopic (exact) mass is 448 g/mol. The molecule has 3 aliphatic carbocycles. The molecular weight excluding hydrogens is 420 g/mol. The fraction of sp³-hybridized carbons (Fsp3) is 0.423. The summed E-state index contributed by atoms with van der Waals surface area (Å²) >= 11 is 0. The molecule has 2 aromatic rings. The summed E-state index contributed by atoms with van der Waals surface area (Å²) in [6, 6.07) is 15.3. The van der Waals surface area contributed by atoms with Gasteiger partial charge in [0.15, 0.2) is 0 Å². The number of ether oxygens (including phenoxy) is 1. The Hall–Kier alpha value is -3.35. The quantitative estimate of drug-likeness (QED) is 0.572. The van der Waals surface area contributed by atoms with Crippen LogP contribution in [0.15, 0.2) is 48.5 Å². The summed E-state index contributed by atoms with van der Waals surface area (Å²) < 4.78 is 5.63. The predicted molar refractivity (Wildman–Crippen MR) is 122 cm³/mol. The first-order valence-electron chi connectivity index (χ1n) is 11.6. The van der Waals surface area contributed by atoms with Crippen molar-refractivity contribution in [2.75, 3.05) is 6.61 Å². The van der Waals surface area contributed by atoms with Crippen LogP contribution in [-0.4, -0.2) is 41.3 Å². The molecule has 0 radical (unpaired) electrons. The summed E-state index contributed by atoms with van der Waals surface area (Å²) in [4.78, 5) is 37.5. The molecule has 0 aliphatic heterocycles. The summed E-state index contributed by atoms with van der Waals surface area (Å²) in [7, 11) is 0. The van der Waals surface area contributed by atoms with Crippen molar-refractivity contribution in [3.05, 3.63) is 59.7 Å². The molecule has 3 aliphatic rings. The molecule has 3 N–H and O–H groups in total. The molecule has 2 saturated carbocycles. The van der Waals surface area contributed by atoms with E-state index in [1.165, 1.54) is 0 Å². The van der Waals surface area contributed by atoms with Crippen molar-refractivity contribution in [1.82, 2.24) is 10.6 Å². The van der Waals surface area contributed by atoms with Crippen LogP contribution in [0.25, 0.3) is 11.1 Å². The zero-order valence-electron chi connectivity index (χ0n) is 18.5. The highest BCUT2D eigenvalue weighted by molar-refractivity contribution is 5.93. The van der Waals surface area contributed by atoms with Gasteiger partial charge in [0.2, 0.25) is 5.91 Å². The Morgan fingerprint density at radius 2 is 1.58 bits per heavy atom. The first-order chi connectivity index (χ1) is 15.9. The molecule has 0 heterocycles. The van der Waals surface area contributed by atoms with Gasteiger partial charge in [-0.3, -0.25) is 4.79 Å². The van der Waals surface area contributed by atoms with Crippen molar-refractivity contribution in [3.63, 3.8) is 0 Å². The number of carbonyl (C=O) groups excluding carboxylic acids is 2. The number of fused-ring (bicyclic) bond motifs is 3. The molecule has 2 unspecified atom stereocenters. The molecule has 0 saturated heterocycles. The van der Waals surface area contributed by atoms with Crippen LogP contribution in [0, 0.1) is 11.8 Å². The molecule has 2 aromatic carbocycles. The standard InChI is InChI=1S/C26H28N2O5/c1-26(16-12-13-16,24(31)27-22(23(29)30)15-10-11-15)28-25(32)33-14-21-19-8-4-2-6-17(19)18-7-3-5-9-20(18)21/h2-9,15-16,21-22H,10-14H2,1H3,(H,27,31)(H,28,32)(H,29,30). The lowest BCUT2D eigenvalue weighted by Gasteiger charge is -2.31. The minimum atomic E-state index is -1.20. The van der Waals surface area contributed by atoms with Crippen LogP contribution in [0.4, 0.5) is 4.79 Å². The number of hydrogen-bond donors (Lipinski definition) is 3. The third kappa shape index (κ3) is 4.08. The van der Waals surface area contributed by atoms with Gasteiger partial charge < -0.3 is 20.5 Å². The Morgan fingerprint density at radius 3 is 2.09 bits per heavy atom. The van der Waals surface area contributed by atoms with E-state index in [1.54, 1.807) is 6.92 Å². The Morgan fingerprint density at radius 1 is 1.00 bits per heavy atom. The average molecular weight is 449 g/mol. The smallest absolute Gasteiger partial charge is 0.408 e. The molecule has 5 rings (SSSR count). The van der Waals surface area contributed by atoms with E-state index in [2.05, 4.69) is 22.8 Å². The normalized spacial score (nSPS) is 19.5. The fourth-order valence-corrected chi connectivity index (χ4v) is 4.95. The first-order valence-corrected chi connectivity index (χ1v) is 11.6. The lowest BCUT2D eigenvalue weighted by molar-refractivity contribution is -0.143. The predicted octanol–water partition coefficient (Wildman–Crippen LogP) is 3.67. The lowest BCUT2D eigenvalue weighted by Crippen LogP contribution is -2.61. The zero-order valence-corrected chi connectivity index (χ0v) is 18.5. The molecular formula is C26H28N2O5. The van der Waals surface area contributed by atoms with E-state index >= 15 is 0 Å². The van der Waals surface area contributed by atoms with Crippen LogP contribution in [0.2, 0.25) is 0 Å². The van der Waals surface area contributed by atoms with E-state index in [0.717, 1.165) is 47.9 Å². The lowest BCUT2D eigenvalue weighted by atomic mass is 9.94. The Labute approximate surface area is 192 Å². The molecule has 2 fully saturated rings. The van der Waals surface area contributed by atoms with Gasteiger partial charge in [0.05, 0.1) is 0 Å². The van der Waals surface area contributed by atoms with Crippen LogP contribution in [0.3, 0.4) is 0 Å². The van der Waals surface area contributed by atoms with Gasteiger partial charge in [-0.05, 0) is 66.7 Å². The first kappa shape index (κ1) is 21.5. The number of carbonyl (C=O) groups is 3. The van der Waals surface area contributed by atoms with Crippen molar-refractivity contribution < 1.29 is 24.2 Å². The number of benzene rings is 2. The number of nitrogens with one attached hydrogen (secondary N) is 2. The summed E-state index contributed by atoms with van der Waals surface area (Å²) in [5, 5.41) is 14.9. The second-order valence-electron chi connectivity index (χ2n) is 9.55. The third-order valence-corrected chi connectivity index (χ3v) is 7.22. The fourth-order valence-electron chi connectivity index (χ4n) is 4.95. The van der Waals surface area contributed by atoms with E-state index in [0.29, 0.717) is 0 Å². The van der Waals surface area contributed by atoms with Crippen LogP contribution in [0.1, 0.15) is 49.7 Å². The van der Waals surface area contributed by atoms with E-state index in [-0.39, 0.29) is 24.4 Å². The van der Waals surface area contributed by atoms with Crippen LogP contribution in [0.5, 0.6) is 0 Å². The van der Waals surface area contributed by atoms with Crippen molar-refractivity contribution in [2.45, 2.75) is 50.1 Å². The third-order valence-electron chi connectivity index (χ3n) is 7.22. The Kier molecular flexibility index (Phi) is 5.35. The van der Waals surface area contributed by atoms with Gasteiger partial charge in [0.1, 0.15) is 18.2 Å². The highest BCUT2D eigenvalue weighted by Crippen LogP contribution is 2.45. The molecule has 2 amide bonds. The minimum absolute atomic E-state index is 0.0355. The number of aliphatic carboxylic acids is 1. The summed E-state index contributed by atoms with van der Waals surface area (Å²) in [6.07, 6.45) is 2.51. The summed E-state index contributed by atoms with van der Waals surface area (Å²) in [5.74, 6) is -1.64. The zero-order chi connectivity index (χ0) is 23.2. The maximum Gasteiger partial charge on any atom is 0.408 e. The molecule has 7 nitrogen and oxygen atoms in total. The Bertz CT molecular complexity index is 1060. The minimum Gasteiger partial charge on any atom is -0.480 e. The van der Waals surface area contributed by atoms with E-state index in [4.69, 9.17) is 4.74 Å². The number of carboxylic acids is 1. The second-order valence-corrected chi connectivity index (χ2v) is 9.55. The molecule has 0 aromatic heterocycles. The van der Waals surface area contributed by atoms with Crippen LogP contribution in [-0.2, 0) is 14.3 Å². The molecule has 0 spiro atoms. The van der Waals surface area contributed by atoms with Gasteiger partial charge in [-0.25, -0.2) is 9.59 Å². The largest absolute Gasteiger partial charge is 0.480 e. The van der Waals surface area contributed by atoms with Crippen LogP contribution >= 0.6 is 0 Å². The van der Waals surface area contributed by atoms with Gasteiger partial charge in [-0.2, -0.15) is 0 Å². The van der Waals surface area contributed by atoms with Gasteiger partial charge in [-0.1, -0.05) is 48.5 Å². The van der Waals surface area contributed by atoms with Gasteiger partial charge in [0, 0.05) is 5.92 Å². The number of hydrogen-bond acceptors (Lipinski definition) is 4. The van der Waals surface area contributed by atoms with E-state index < -0.39 is 29.6 Å². The molecule has 33 heavy (non-hydrogen) atoms. The molecule has 0 bridgehead atoms. The maximum atomic E-state index is 13.1. The van der Waals surface area contributed by atoms with E-state index in [1.807, 2.05) is 36.4 Å². The van der Waals surface area contributed by atoms with Crippen molar-refractivity contribution in [1.29, 1.82) is 0 Å². The van der Waals surface area contributed by atoms with Gasteiger partial charge in [-0.15, -0.1) is 0 Å². The maximum absolute atomic E-state index is 13.1. The summed E-state index contributed by atoms with van der Waals surface area (Å²) in [6.45, 7) is 1.81. The highest BCUT2D eigenvalue weighted by atomic mass is 16.5. The van der Waals surface area contributed by atoms with Gasteiger partial charge >= 0.3 is 12.1 Å². The number of alkyl carbamates (subject to hydrolysis) is 1. The topological polar surface area (TPSA) is 105 Å². The number of rotatable bonds is 8. The molecule has 172 valence electrons. The molecule has 7 heteroatoms. The van der Waals surface area contributed by atoms with Crippen molar-refractivity contribution in [2.24, 2.45) is 11.8 Å². The van der Waals surface area contributed by atoms with Gasteiger partial charge in [0.25, 0.3) is 0 Å². The number of amides is 2. The number of carboxylic acid groups (broad SMARTS) is 1. The van der Waals surface area contributed by atoms with Crippen molar-refractivity contribution in [3.8, 4) is 11.1 Å². The molecule has 2 atom stereocenters. The summed E-state index contributed by atoms with van der Waals surface area (Å²) in [5.41, 5.74) is 3.31.